The number of aromatic nitrogens is 2. The van der Waals surface area contributed by atoms with Crippen LogP contribution in [0.15, 0.2) is 12.1 Å². The van der Waals surface area contributed by atoms with E-state index in [0.29, 0.717) is 11.6 Å². The monoisotopic (exact) mass is 272 g/mol. The molecule has 0 fully saturated rings. The second-order valence-corrected chi connectivity index (χ2v) is 7.35. The third-order valence-corrected chi connectivity index (χ3v) is 3.45. The Kier molecular flexibility index (Phi) is 3.16. The van der Waals surface area contributed by atoms with Gasteiger partial charge in [-0.1, -0.05) is 47.6 Å². The van der Waals surface area contributed by atoms with Gasteiger partial charge in [0.25, 0.3) is 0 Å². The number of anilines is 2. The first-order valence-electron chi connectivity index (χ1n) is 6.88. The fourth-order valence-corrected chi connectivity index (χ4v) is 2.53. The first kappa shape index (κ1) is 14.6. The van der Waals surface area contributed by atoms with E-state index in [1.807, 2.05) is 6.07 Å². The molecule has 0 aliphatic carbocycles. The van der Waals surface area contributed by atoms with E-state index in [0.717, 1.165) is 11.0 Å². The van der Waals surface area contributed by atoms with Crippen molar-refractivity contribution in [1.82, 2.24) is 9.97 Å². The Morgan fingerprint density at radius 3 is 1.85 bits per heavy atom. The SMILES string of the molecule is CC(C)(C)c1ccc2nc(N)c(N)nc2c1C(C)(C)C. The molecule has 2 rings (SSSR count). The molecule has 0 bridgehead atoms. The van der Waals surface area contributed by atoms with Gasteiger partial charge in [-0.25, -0.2) is 9.97 Å². The molecule has 0 atom stereocenters. The molecule has 108 valence electrons. The first-order chi connectivity index (χ1) is 9.01. The smallest absolute Gasteiger partial charge is 0.166 e. The zero-order valence-corrected chi connectivity index (χ0v) is 13.2. The minimum atomic E-state index is -0.0423. The van der Waals surface area contributed by atoms with Gasteiger partial charge >= 0.3 is 0 Å². The molecule has 4 N–H and O–H groups in total. The Bertz CT molecular complexity index is 661. The van der Waals surface area contributed by atoms with E-state index in [1.165, 1.54) is 11.1 Å². The lowest BCUT2D eigenvalue weighted by atomic mass is 9.74. The summed E-state index contributed by atoms with van der Waals surface area (Å²) in [5.74, 6) is 0.593. The Hall–Kier alpha value is -1.84. The van der Waals surface area contributed by atoms with E-state index in [2.05, 4.69) is 57.6 Å². The van der Waals surface area contributed by atoms with Crippen LogP contribution in [0.4, 0.5) is 11.6 Å². The molecule has 0 radical (unpaired) electrons. The molecule has 0 aliphatic rings. The Labute approximate surface area is 120 Å². The van der Waals surface area contributed by atoms with Gasteiger partial charge < -0.3 is 11.5 Å². The highest BCUT2D eigenvalue weighted by molar-refractivity contribution is 5.84. The summed E-state index contributed by atoms with van der Waals surface area (Å²) in [6.45, 7) is 13.2. The molecule has 2 aromatic rings. The summed E-state index contributed by atoms with van der Waals surface area (Å²) in [6.07, 6.45) is 0. The number of benzene rings is 1. The van der Waals surface area contributed by atoms with Crippen molar-refractivity contribution in [1.29, 1.82) is 0 Å². The lowest BCUT2D eigenvalue weighted by molar-refractivity contribution is 0.533. The number of nitrogens with zero attached hydrogens (tertiary/aromatic N) is 2. The van der Waals surface area contributed by atoms with Crippen molar-refractivity contribution in [2.75, 3.05) is 11.5 Å². The highest BCUT2D eigenvalue weighted by Crippen LogP contribution is 2.38. The van der Waals surface area contributed by atoms with Crippen molar-refractivity contribution in [3.05, 3.63) is 23.3 Å². The second kappa shape index (κ2) is 4.33. The van der Waals surface area contributed by atoms with Crippen LogP contribution in [-0.2, 0) is 10.8 Å². The van der Waals surface area contributed by atoms with Crippen LogP contribution in [0, 0.1) is 0 Å². The minimum Gasteiger partial charge on any atom is -0.381 e. The van der Waals surface area contributed by atoms with Gasteiger partial charge in [0.2, 0.25) is 0 Å². The predicted octanol–water partition coefficient (Wildman–Crippen LogP) is 3.39. The summed E-state index contributed by atoms with van der Waals surface area (Å²) in [7, 11) is 0. The van der Waals surface area contributed by atoms with Crippen LogP contribution >= 0.6 is 0 Å². The molecule has 0 unspecified atom stereocenters. The van der Waals surface area contributed by atoms with Crippen molar-refractivity contribution in [2.45, 2.75) is 52.4 Å². The molecule has 1 aromatic heterocycles. The zero-order chi connectivity index (χ0) is 15.3. The lowest BCUT2D eigenvalue weighted by Crippen LogP contribution is -2.23. The summed E-state index contributed by atoms with van der Waals surface area (Å²) in [4.78, 5) is 8.87. The van der Waals surface area contributed by atoms with Gasteiger partial charge in [0.1, 0.15) is 0 Å². The number of hydrogen-bond donors (Lipinski definition) is 2. The van der Waals surface area contributed by atoms with Crippen LogP contribution in [-0.4, -0.2) is 9.97 Å². The van der Waals surface area contributed by atoms with Gasteiger partial charge in [-0.05, 0) is 28.0 Å². The van der Waals surface area contributed by atoms with Gasteiger partial charge in [-0.15, -0.1) is 0 Å². The van der Waals surface area contributed by atoms with Crippen LogP contribution in [0.5, 0.6) is 0 Å². The summed E-state index contributed by atoms with van der Waals surface area (Å²) in [6, 6.07) is 4.11. The Morgan fingerprint density at radius 2 is 1.35 bits per heavy atom. The van der Waals surface area contributed by atoms with Gasteiger partial charge in [-0.3, -0.25) is 0 Å². The number of fused-ring (bicyclic) bond motifs is 1. The van der Waals surface area contributed by atoms with Crippen molar-refractivity contribution in [3.63, 3.8) is 0 Å². The van der Waals surface area contributed by atoms with Crippen LogP contribution < -0.4 is 11.5 Å². The summed E-state index contributed by atoms with van der Waals surface area (Å²) < 4.78 is 0. The fraction of sp³-hybridized carbons (Fsp3) is 0.500. The number of nitrogen functional groups attached to an aromatic ring is 2. The normalized spacial score (nSPS) is 12.9. The number of rotatable bonds is 0. The molecule has 0 spiro atoms. The minimum absolute atomic E-state index is 0.0363. The third-order valence-electron chi connectivity index (χ3n) is 3.45. The predicted molar refractivity (Wildman–Crippen MR) is 85.8 cm³/mol. The van der Waals surface area contributed by atoms with E-state index >= 15 is 0 Å². The van der Waals surface area contributed by atoms with E-state index in [4.69, 9.17) is 11.5 Å². The van der Waals surface area contributed by atoms with Crippen molar-refractivity contribution in [2.24, 2.45) is 0 Å². The topological polar surface area (TPSA) is 77.8 Å². The Morgan fingerprint density at radius 1 is 0.800 bits per heavy atom. The fourth-order valence-electron chi connectivity index (χ4n) is 2.53. The molecule has 0 aliphatic heterocycles. The van der Waals surface area contributed by atoms with Crippen molar-refractivity contribution < 1.29 is 0 Å². The molecule has 0 saturated heterocycles. The molecular weight excluding hydrogens is 248 g/mol. The largest absolute Gasteiger partial charge is 0.381 e. The molecule has 1 aromatic carbocycles. The lowest BCUT2D eigenvalue weighted by Gasteiger charge is -2.30. The summed E-state index contributed by atoms with van der Waals surface area (Å²) >= 11 is 0. The quantitative estimate of drug-likeness (QED) is 0.770. The Balaban J connectivity index is 2.95. The van der Waals surface area contributed by atoms with E-state index < -0.39 is 0 Å². The summed E-state index contributed by atoms with van der Waals surface area (Å²) in [5.41, 5.74) is 15.8. The maximum absolute atomic E-state index is 5.86. The van der Waals surface area contributed by atoms with E-state index in [9.17, 15) is 0 Å². The maximum atomic E-state index is 5.86. The molecular formula is C16H24N4. The first-order valence-corrected chi connectivity index (χ1v) is 6.88. The van der Waals surface area contributed by atoms with Gasteiger partial charge in [0.15, 0.2) is 11.6 Å². The van der Waals surface area contributed by atoms with E-state index in [-0.39, 0.29) is 10.8 Å². The standard InChI is InChI=1S/C16H24N4/c1-15(2,3)9-7-8-10-12(11(9)16(4,5)6)20-14(18)13(17)19-10/h7-8H,1-6H3,(H2,17,19)(H2,18,20). The van der Waals surface area contributed by atoms with Crippen LogP contribution in [0.2, 0.25) is 0 Å². The summed E-state index contributed by atoms with van der Waals surface area (Å²) in [5, 5.41) is 0. The average molecular weight is 272 g/mol. The van der Waals surface area contributed by atoms with Crippen molar-refractivity contribution >= 4 is 22.7 Å². The molecule has 0 amide bonds. The number of nitrogens with two attached hydrogens (primary N) is 2. The molecule has 20 heavy (non-hydrogen) atoms. The highest BCUT2D eigenvalue weighted by Gasteiger charge is 2.28. The maximum Gasteiger partial charge on any atom is 0.166 e. The van der Waals surface area contributed by atoms with Crippen LogP contribution in [0.1, 0.15) is 52.7 Å². The van der Waals surface area contributed by atoms with Crippen molar-refractivity contribution in [3.8, 4) is 0 Å². The van der Waals surface area contributed by atoms with Gasteiger partial charge in [0, 0.05) is 0 Å². The molecule has 1 heterocycles. The zero-order valence-electron chi connectivity index (χ0n) is 13.2. The second-order valence-electron chi connectivity index (χ2n) is 7.35. The molecule has 4 heteroatoms. The molecule has 0 saturated carbocycles. The number of hydrogen-bond acceptors (Lipinski definition) is 4. The average Bonchev–Trinajstić information content (AvgIpc) is 2.26. The van der Waals surface area contributed by atoms with Crippen LogP contribution in [0.25, 0.3) is 11.0 Å². The van der Waals surface area contributed by atoms with E-state index in [1.54, 1.807) is 0 Å². The third kappa shape index (κ3) is 2.42. The van der Waals surface area contributed by atoms with Gasteiger partial charge in [-0.2, -0.15) is 0 Å². The highest BCUT2D eigenvalue weighted by atomic mass is 15.0. The van der Waals surface area contributed by atoms with Gasteiger partial charge in [0.05, 0.1) is 11.0 Å². The van der Waals surface area contributed by atoms with Crippen LogP contribution in [0.3, 0.4) is 0 Å². The molecule has 4 nitrogen and oxygen atoms in total.